The summed E-state index contributed by atoms with van der Waals surface area (Å²) in [5, 5.41) is 6.93. The van der Waals surface area contributed by atoms with Gasteiger partial charge in [-0.1, -0.05) is 30.3 Å². The van der Waals surface area contributed by atoms with Crippen molar-refractivity contribution in [3.8, 4) is 11.4 Å². The molecule has 116 valence electrons. The summed E-state index contributed by atoms with van der Waals surface area (Å²) in [7, 11) is 1.68. The number of benzene rings is 1. The zero-order valence-corrected chi connectivity index (χ0v) is 12.9. The molecule has 0 aliphatic carbocycles. The summed E-state index contributed by atoms with van der Waals surface area (Å²) in [4.78, 5) is 9.27. The van der Waals surface area contributed by atoms with Gasteiger partial charge in [-0.15, -0.1) is 0 Å². The first kappa shape index (κ1) is 14.9. The Labute approximate surface area is 131 Å². The van der Waals surface area contributed by atoms with E-state index < -0.39 is 0 Å². The van der Waals surface area contributed by atoms with Crippen LogP contribution in [0.1, 0.15) is 18.5 Å². The van der Waals surface area contributed by atoms with Gasteiger partial charge in [0, 0.05) is 31.3 Å². The highest BCUT2D eigenvalue weighted by atomic mass is 16.5. The Morgan fingerprint density at radius 3 is 2.86 bits per heavy atom. The van der Waals surface area contributed by atoms with Gasteiger partial charge in [-0.2, -0.15) is 0 Å². The molecule has 1 aromatic carbocycles. The molecule has 5 heteroatoms. The Morgan fingerprint density at radius 2 is 2.14 bits per heavy atom. The summed E-state index contributed by atoms with van der Waals surface area (Å²) in [5.41, 5.74) is 1.91. The van der Waals surface area contributed by atoms with Crippen LogP contribution in [0.3, 0.4) is 0 Å². The lowest BCUT2D eigenvalue weighted by atomic mass is 10.1. The minimum atomic E-state index is 0.419. The normalized spacial score (nSPS) is 18.1. The van der Waals surface area contributed by atoms with Crippen LogP contribution in [0.5, 0.6) is 0 Å². The van der Waals surface area contributed by atoms with Crippen molar-refractivity contribution in [3.05, 3.63) is 42.1 Å². The number of anilines is 1. The molecule has 0 saturated carbocycles. The van der Waals surface area contributed by atoms with E-state index in [4.69, 9.17) is 4.74 Å². The van der Waals surface area contributed by atoms with Crippen LogP contribution in [0, 0.1) is 0 Å². The van der Waals surface area contributed by atoms with E-state index in [-0.39, 0.29) is 0 Å². The molecule has 1 aromatic heterocycles. The van der Waals surface area contributed by atoms with Crippen LogP contribution in [0.25, 0.3) is 11.4 Å². The minimum Gasteiger partial charge on any atom is -0.378 e. The third-order valence-electron chi connectivity index (χ3n) is 3.75. The van der Waals surface area contributed by atoms with Crippen LogP contribution >= 0.6 is 0 Å². The van der Waals surface area contributed by atoms with Gasteiger partial charge in [0.05, 0.1) is 12.3 Å². The maximum atomic E-state index is 5.23. The number of hydrogen-bond acceptors (Lipinski definition) is 5. The van der Waals surface area contributed by atoms with Crippen LogP contribution in [-0.4, -0.2) is 36.2 Å². The highest BCUT2D eigenvalue weighted by Crippen LogP contribution is 2.19. The van der Waals surface area contributed by atoms with E-state index in [9.17, 15) is 0 Å². The smallest absolute Gasteiger partial charge is 0.161 e. The van der Waals surface area contributed by atoms with Crippen molar-refractivity contribution >= 4 is 5.82 Å². The number of ether oxygens (including phenoxy) is 1. The highest BCUT2D eigenvalue weighted by Gasteiger charge is 2.14. The van der Waals surface area contributed by atoms with Crippen LogP contribution in [0.4, 0.5) is 5.82 Å². The van der Waals surface area contributed by atoms with Gasteiger partial charge in [0.25, 0.3) is 0 Å². The molecule has 1 unspecified atom stereocenters. The second-order valence-electron chi connectivity index (χ2n) is 5.55. The van der Waals surface area contributed by atoms with Crippen molar-refractivity contribution in [3.63, 3.8) is 0 Å². The predicted octanol–water partition coefficient (Wildman–Crippen LogP) is 2.45. The average molecular weight is 298 g/mol. The van der Waals surface area contributed by atoms with Crippen molar-refractivity contribution in [2.45, 2.75) is 25.5 Å². The van der Waals surface area contributed by atoms with Crippen LogP contribution < -0.4 is 10.6 Å². The van der Waals surface area contributed by atoms with Gasteiger partial charge < -0.3 is 15.4 Å². The standard InChI is InChI=1S/C17H22N4O/c1-22-12-15-10-16(19-14-8-5-9-18-11-14)21-17(20-15)13-6-3-2-4-7-13/h2-4,6-7,10,14,18H,5,8-9,11-12H2,1H3,(H,19,20,21). The number of nitrogens with zero attached hydrogens (tertiary/aromatic N) is 2. The summed E-state index contributed by atoms with van der Waals surface area (Å²) < 4.78 is 5.23. The first-order valence-electron chi connectivity index (χ1n) is 7.75. The number of piperidine rings is 1. The molecule has 3 rings (SSSR count). The predicted molar refractivity (Wildman–Crippen MR) is 87.7 cm³/mol. The van der Waals surface area contributed by atoms with E-state index in [2.05, 4.69) is 20.6 Å². The Hall–Kier alpha value is -1.98. The van der Waals surface area contributed by atoms with Gasteiger partial charge in [-0.05, 0) is 19.4 Å². The third kappa shape index (κ3) is 3.81. The van der Waals surface area contributed by atoms with E-state index in [1.165, 1.54) is 6.42 Å². The summed E-state index contributed by atoms with van der Waals surface area (Å²) in [6.45, 7) is 2.57. The number of methoxy groups -OCH3 is 1. The molecule has 0 radical (unpaired) electrons. The third-order valence-corrected chi connectivity index (χ3v) is 3.75. The van der Waals surface area contributed by atoms with Crippen molar-refractivity contribution in [1.82, 2.24) is 15.3 Å². The monoisotopic (exact) mass is 298 g/mol. The molecular weight excluding hydrogens is 276 g/mol. The van der Waals surface area contributed by atoms with Crippen molar-refractivity contribution < 1.29 is 4.74 Å². The first-order chi connectivity index (χ1) is 10.8. The quantitative estimate of drug-likeness (QED) is 0.888. The molecule has 0 bridgehead atoms. The Balaban J connectivity index is 1.86. The minimum absolute atomic E-state index is 0.419. The maximum Gasteiger partial charge on any atom is 0.161 e. The van der Waals surface area contributed by atoms with Gasteiger partial charge >= 0.3 is 0 Å². The number of nitrogens with one attached hydrogen (secondary N) is 2. The Kier molecular flexibility index (Phi) is 4.98. The summed E-state index contributed by atoms with van der Waals surface area (Å²) in [5.74, 6) is 1.61. The van der Waals surface area contributed by atoms with Crippen molar-refractivity contribution in [1.29, 1.82) is 0 Å². The molecule has 5 nitrogen and oxygen atoms in total. The van der Waals surface area contributed by atoms with E-state index in [0.29, 0.717) is 12.6 Å². The van der Waals surface area contributed by atoms with Gasteiger partial charge in [0.2, 0.25) is 0 Å². The number of rotatable bonds is 5. The molecule has 22 heavy (non-hydrogen) atoms. The second-order valence-corrected chi connectivity index (χ2v) is 5.55. The van der Waals surface area contributed by atoms with Crippen LogP contribution in [0.15, 0.2) is 36.4 Å². The SMILES string of the molecule is COCc1cc(NC2CCCNC2)nc(-c2ccccc2)n1. The lowest BCUT2D eigenvalue weighted by molar-refractivity contribution is 0.181. The second kappa shape index (κ2) is 7.33. The van der Waals surface area contributed by atoms with Gasteiger partial charge in [-0.3, -0.25) is 0 Å². The van der Waals surface area contributed by atoms with Crippen molar-refractivity contribution in [2.24, 2.45) is 0 Å². The van der Waals surface area contributed by atoms with Crippen molar-refractivity contribution in [2.75, 3.05) is 25.5 Å². The molecule has 0 spiro atoms. The van der Waals surface area contributed by atoms with E-state index in [1.54, 1.807) is 7.11 Å². The molecule has 1 fully saturated rings. The van der Waals surface area contributed by atoms with E-state index in [0.717, 1.165) is 42.4 Å². The van der Waals surface area contributed by atoms with Gasteiger partial charge in [-0.25, -0.2) is 9.97 Å². The largest absolute Gasteiger partial charge is 0.378 e. The summed E-state index contributed by atoms with van der Waals surface area (Å²) >= 11 is 0. The summed E-state index contributed by atoms with van der Waals surface area (Å²) in [6.07, 6.45) is 2.36. The first-order valence-corrected chi connectivity index (χ1v) is 7.75. The maximum absolute atomic E-state index is 5.23. The molecule has 1 atom stereocenters. The Bertz CT molecular complexity index is 597. The molecule has 2 N–H and O–H groups in total. The molecule has 1 aliphatic heterocycles. The van der Waals surface area contributed by atoms with Gasteiger partial charge in [0.1, 0.15) is 5.82 Å². The fourth-order valence-electron chi connectivity index (χ4n) is 2.69. The fourth-order valence-corrected chi connectivity index (χ4v) is 2.69. The molecule has 2 aromatic rings. The average Bonchev–Trinajstić information content (AvgIpc) is 2.57. The number of hydrogen-bond donors (Lipinski definition) is 2. The highest BCUT2D eigenvalue weighted by molar-refractivity contribution is 5.57. The zero-order chi connectivity index (χ0) is 15.2. The molecule has 0 amide bonds. The fraction of sp³-hybridized carbons (Fsp3) is 0.412. The lowest BCUT2D eigenvalue weighted by Gasteiger charge is -2.24. The topological polar surface area (TPSA) is 59.1 Å². The molecule has 2 heterocycles. The van der Waals surface area contributed by atoms with E-state index in [1.807, 2.05) is 36.4 Å². The van der Waals surface area contributed by atoms with Gasteiger partial charge in [0.15, 0.2) is 5.82 Å². The molecule has 1 aliphatic rings. The van der Waals surface area contributed by atoms with Crippen LogP contribution in [0.2, 0.25) is 0 Å². The summed E-state index contributed by atoms with van der Waals surface area (Å²) in [6, 6.07) is 12.4. The van der Waals surface area contributed by atoms with E-state index >= 15 is 0 Å². The Morgan fingerprint density at radius 1 is 1.27 bits per heavy atom. The lowest BCUT2D eigenvalue weighted by Crippen LogP contribution is -2.38. The molecular formula is C17H22N4O. The number of aromatic nitrogens is 2. The molecule has 1 saturated heterocycles. The van der Waals surface area contributed by atoms with Crippen LogP contribution in [-0.2, 0) is 11.3 Å². The zero-order valence-electron chi connectivity index (χ0n) is 12.9.